The predicted octanol–water partition coefficient (Wildman–Crippen LogP) is 2.32. The Bertz CT molecular complexity index is 599. The first-order valence-electron chi connectivity index (χ1n) is 7.38. The second-order valence-corrected chi connectivity index (χ2v) is 6.27. The Kier molecular flexibility index (Phi) is 4.85. The van der Waals surface area contributed by atoms with Gasteiger partial charge in [-0.15, -0.1) is 0 Å². The molecule has 1 heterocycles. The fourth-order valence-corrected chi connectivity index (χ4v) is 2.44. The number of nitrogens with zero attached hydrogens (tertiary/aromatic N) is 2. The van der Waals surface area contributed by atoms with Crippen LogP contribution in [0.2, 0.25) is 0 Å². The minimum atomic E-state index is -0.0280. The third-order valence-electron chi connectivity index (χ3n) is 3.35. The highest BCUT2D eigenvalue weighted by Gasteiger charge is 2.22. The van der Waals surface area contributed by atoms with E-state index in [0.29, 0.717) is 13.2 Å². The molecular weight excluding hydrogens is 266 g/mol. The van der Waals surface area contributed by atoms with Crippen molar-refractivity contribution in [3.8, 4) is 0 Å². The first kappa shape index (κ1) is 15.8. The van der Waals surface area contributed by atoms with Crippen LogP contribution in [0.1, 0.15) is 33.0 Å². The topological polar surface area (TPSA) is 73.3 Å². The minimum absolute atomic E-state index is 0.0280. The maximum atomic E-state index is 8.72. The second kappa shape index (κ2) is 6.45. The van der Waals surface area contributed by atoms with E-state index in [1.165, 1.54) is 0 Å². The Balaban J connectivity index is 2.26. The van der Waals surface area contributed by atoms with Gasteiger partial charge in [0.05, 0.1) is 24.2 Å². The van der Waals surface area contributed by atoms with Gasteiger partial charge in [-0.05, 0) is 24.6 Å². The van der Waals surface area contributed by atoms with Crippen LogP contribution in [0.3, 0.4) is 0 Å². The van der Waals surface area contributed by atoms with Gasteiger partial charge in [0.2, 0.25) is 0 Å². The van der Waals surface area contributed by atoms with Crippen molar-refractivity contribution in [1.29, 1.82) is 0 Å². The van der Waals surface area contributed by atoms with E-state index in [1.54, 1.807) is 0 Å². The van der Waals surface area contributed by atoms with E-state index >= 15 is 0 Å². The van der Waals surface area contributed by atoms with Gasteiger partial charge < -0.3 is 20.1 Å². The van der Waals surface area contributed by atoms with Crippen molar-refractivity contribution in [2.75, 3.05) is 25.6 Å². The monoisotopic (exact) mass is 291 g/mol. The molecule has 5 nitrogen and oxygen atoms in total. The summed E-state index contributed by atoms with van der Waals surface area (Å²) in [6.07, 6.45) is 0.888. The molecule has 0 unspecified atom stereocenters. The van der Waals surface area contributed by atoms with E-state index in [4.69, 9.17) is 20.6 Å². The van der Waals surface area contributed by atoms with Gasteiger partial charge in [0.25, 0.3) is 0 Å². The molecule has 2 aromatic rings. The van der Waals surface area contributed by atoms with E-state index in [9.17, 15) is 0 Å². The lowest BCUT2D eigenvalue weighted by Crippen LogP contribution is -2.19. The summed E-state index contributed by atoms with van der Waals surface area (Å²) in [6.45, 7) is 8.44. The molecule has 1 aromatic heterocycles. The molecule has 0 bridgehead atoms. The number of aryl methyl sites for hydroxylation is 1. The number of fused-ring (bicyclic) bond motifs is 1. The zero-order valence-corrected chi connectivity index (χ0v) is 13.1. The highest BCUT2D eigenvalue weighted by molar-refractivity contribution is 5.79. The van der Waals surface area contributed by atoms with E-state index in [0.717, 1.165) is 35.5 Å². The summed E-state index contributed by atoms with van der Waals surface area (Å²) in [5, 5.41) is 8.72. The quantitative estimate of drug-likeness (QED) is 0.633. The van der Waals surface area contributed by atoms with Gasteiger partial charge in [0.1, 0.15) is 5.82 Å². The summed E-state index contributed by atoms with van der Waals surface area (Å²) in [5.74, 6) is 1.06. The number of imidazole rings is 1. The number of benzene rings is 1. The number of aliphatic hydroxyl groups excluding tert-OH is 1. The molecule has 0 saturated heterocycles. The van der Waals surface area contributed by atoms with Crippen LogP contribution in [0.5, 0.6) is 0 Å². The molecule has 2 rings (SSSR count). The number of ether oxygens (including phenoxy) is 1. The van der Waals surface area contributed by atoms with Crippen LogP contribution in [-0.2, 0) is 16.7 Å². The van der Waals surface area contributed by atoms with Crippen LogP contribution in [0.4, 0.5) is 5.69 Å². The molecule has 0 aliphatic rings. The third kappa shape index (κ3) is 3.74. The van der Waals surface area contributed by atoms with E-state index in [-0.39, 0.29) is 12.0 Å². The van der Waals surface area contributed by atoms with Crippen molar-refractivity contribution >= 4 is 16.7 Å². The number of anilines is 1. The number of hydrogen-bond acceptors (Lipinski definition) is 4. The number of aliphatic hydroxyl groups is 1. The maximum Gasteiger partial charge on any atom is 0.115 e. The Labute approximate surface area is 125 Å². The van der Waals surface area contributed by atoms with Crippen molar-refractivity contribution in [1.82, 2.24) is 9.55 Å². The highest BCUT2D eigenvalue weighted by atomic mass is 16.5. The van der Waals surface area contributed by atoms with Crippen LogP contribution < -0.4 is 5.73 Å². The van der Waals surface area contributed by atoms with Gasteiger partial charge in [0, 0.05) is 24.3 Å². The molecule has 0 fully saturated rings. The number of rotatable bonds is 6. The second-order valence-electron chi connectivity index (χ2n) is 6.27. The minimum Gasteiger partial charge on any atom is -0.399 e. The Morgan fingerprint density at radius 1 is 1.29 bits per heavy atom. The average molecular weight is 291 g/mol. The van der Waals surface area contributed by atoms with Gasteiger partial charge in [-0.25, -0.2) is 4.98 Å². The number of aromatic nitrogens is 2. The van der Waals surface area contributed by atoms with Crippen molar-refractivity contribution in [2.45, 2.75) is 39.2 Å². The van der Waals surface area contributed by atoms with Crippen LogP contribution in [0.25, 0.3) is 11.0 Å². The summed E-state index contributed by atoms with van der Waals surface area (Å²) >= 11 is 0. The van der Waals surface area contributed by atoms with Crippen LogP contribution in [-0.4, -0.2) is 34.5 Å². The summed E-state index contributed by atoms with van der Waals surface area (Å²) in [7, 11) is 0. The van der Waals surface area contributed by atoms with Gasteiger partial charge in [-0.2, -0.15) is 0 Å². The molecule has 0 saturated carbocycles. The number of nitrogen functional groups attached to an aromatic ring is 1. The lowest BCUT2D eigenvalue weighted by Gasteiger charge is -2.20. The standard InChI is InChI=1S/C16H25N3O2/c1-16(2,3)15-18-13-11-12(17)5-6-14(13)19(15)7-4-9-21-10-8-20/h5-6,11,20H,4,7-10,17H2,1-3H3. The molecule has 1 aromatic carbocycles. The van der Waals surface area contributed by atoms with E-state index < -0.39 is 0 Å². The predicted molar refractivity (Wildman–Crippen MR) is 85.4 cm³/mol. The summed E-state index contributed by atoms with van der Waals surface area (Å²) < 4.78 is 7.58. The fraction of sp³-hybridized carbons (Fsp3) is 0.562. The number of hydrogen-bond donors (Lipinski definition) is 2. The molecule has 0 amide bonds. The largest absolute Gasteiger partial charge is 0.399 e. The summed E-state index contributed by atoms with van der Waals surface area (Å²) in [5.41, 5.74) is 8.61. The first-order chi connectivity index (χ1) is 9.93. The third-order valence-corrected chi connectivity index (χ3v) is 3.35. The van der Waals surface area contributed by atoms with Gasteiger partial charge in [0.15, 0.2) is 0 Å². The average Bonchev–Trinajstić information content (AvgIpc) is 2.76. The molecular formula is C16H25N3O2. The van der Waals surface area contributed by atoms with Crippen molar-refractivity contribution in [2.24, 2.45) is 0 Å². The van der Waals surface area contributed by atoms with Crippen molar-refractivity contribution < 1.29 is 9.84 Å². The molecule has 0 atom stereocenters. The normalized spacial score (nSPS) is 12.2. The zero-order chi connectivity index (χ0) is 15.5. The molecule has 5 heteroatoms. The molecule has 0 aliphatic heterocycles. The Morgan fingerprint density at radius 2 is 2.05 bits per heavy atom. The number of nitrogens with two attached hydrogens (primary N) is 1. The smallest absolute Gasteiger partial charge is 0.115 e. The Hall–Kier alpha value is -1.59. The lowest BCUT2D eigenvalue weighted by atomic mass is 9.95. The van der Waals surface area contributed by atoms with Crippen molar-refractivity contribution in [3.05, 3.63) is 24.0 Å². The van der Waals surface area contributed by atoms with E-state index in [1.807, 2.05) is 18.2 Å². The zero-order valence-electron chi connectivity index (χ0n) is 13.1. The van der Waals surface area contributed by atoms with E-state index in [2.05, 4.69) is 25.3 Å². The lowest BCUT2D eigenvalue weighted by molar-refractivity contribution is 0.0887. The molecule has 0 spiro atoms. The van der Waals surface area contributed by atoms with Gasteiger partial charge >= 0.3 is 0 Å². The molecule has 0 aliphatic carbocycles. The summed E-state index contributed by atoms with van der Waals surface area (Å²) in [6, 6.07) is 5.86. The van der Waals surface area contributed by atoms with Gasteiger partial charge in [-0.3, -0.25) is 0 Å². The van der Waals surface area contributed by atoms with Crippen LogP contribution in [0, 0.1) is 0 Å². The van der Waals surface area contributed by atoms with Crippen molar-refractivity contribution in [3.63, 3.8) is 0 Å². The van der Waals surface area contributed by atoms with Crippen LogP contribution >= 0.6 is 0 Å². The fourth-order valence-electron chi connectivity index (χ4n) is 2.44. The SMILES string of the molecule is CC(C)(C)c1nc2cc(N)ccc2n1CCCOCCO. The molecule has 21 heavy (non-hydrogen) atoms. The molecule has 116 valence electrons. The molecule has 0 radical (unpaired) electrons. The highest BCUT2D eigenvalue weighted by Crippen LogP contribution is 2.27. The first-order valence-corrected chi connectivity index (χ1v) is 7.38. The maximum absolute atomic E-state index is 8.72. The summed E-state index contributed by atoms with van der Waals surface area (Å²) in [4.78, 5) is 4.76. The van der Waals surface area contributed by atoms with Crippen LogP contribution in [0.15, 0.2) is 18.2 Å². The molecule has 3 N–H and O–H groups in total. The Morgan fingerprint density at radius 3 is 2.71 bits per heavy atom. The van der Waals surface area contributed by atoms with Gasteiger partial charge in [-0.1, -0.05) is 20.8 Å².